The Bertz CT molecular complexity index is 2980. The van der Waals surface area contributed by atoms with E-state index in [4.69, 9.17) is 47.3 Å². The van der Waals surface area contributed by atoms with Crippen LogP contribution in [0.25, 0.3) is 0 Å². The molecule has 21 heteroatoms. The van der Waals surface area contributed by atoms with Crippen LogP contribution in [0.15, 0.2) is 109 Å². The maximum atomic E-state index is 14.1. The zero-order valence-electron chi connectivity index (χ0n) is 40.8. The van der Waals surface area contributed by atoms with Crippen LogP contribution in [0.4, 0.5) is 53.5 Å². The SMILES string of the molecule is CCCOc1cc(NC(C(=O)N2CCc3cc(C)c(OC(F)(F)F)cc32)c2ccc(Cl)cc2)cc(OC)c1.COc1cc(NC(C(=O)N2CCc3cc(F)c(C(F)(F)F)cc32)c2ccc(Cl)cc2)cc(OCCO)c1. The molecular weight excluding hydrogens is 1040 g/mol. The van der Waals surface area contributed by atoms with Crippen LogP contribution in [0.5, 0.6) is 28.7 Å². The normalized spacial score (nSPS) is 13.7. The van der Waals surface area contributed by atoms with E-state index in [0.717, 1.165) is 18.1 Å². The van der Waals surface area contributed by atoms with Gasteiger partial charge in [0.05, 0.1) is 38.7 Å². The molecule has 8 rings (SSSR count). The molecule has 0 bridgehead atoms. The van der Waals surface area contributed by atoms with Crippen LogP contribution in [0, 0.1) is 12.7 Å². The van der Waals surface area contributed by atoms with Gasteiger partial charge < -0.3 is 49.2 Å². The van der Waals surface area contributed by atoms with Gasteiger partial charge in [-0.15, -0.1) is 13.2 Å². The van der Waals surface area contributed by atoms with Crippen molar-refractivity contribution in [3.8, 4) is 28.7 Å². The summed E-state index contributed by atoms with van der Waals surface area (Å²) in [4.78, 5) is 30.5. The monoisotopic (exact) mass is 1090 g/mol. The highest BCUT2D eigenvalue weighted by Crippen LogP contribution is 2.42. The first-order chi connectivity index (χ1) is 35.7. The number of nitrogens with zero attached hydrogens (tertiary/aromatic N) is 2. The fourth-order valence-electron chi connectivity index (χ4n) is 8.48. The lowest BCUT2D eigenvalue weighted by atomic mass is 10.0. The topological polar surface area (TPSA) is 131 Å². The Balaban J connectivity index is 0.000000219. The molecule has 2 aliphatic heterocycles. The third kappa shape index (κ3) is 14.0. The van der Waals surface area contributed by atoms with Gasteiger partial charge in [0.15, 0.2) is 0 Å². The molecule has 0 aromatic heterocycles. The third-order valence-electron chi connectivity index (χ3n) is 12.0. The summed E-state index contributed by atoms with van der Waals surface area (Å²) in [5.41, 5.74) is 2.54. The Morgan fingerprint density at radius 3 is 1.55 bits per heavy atom. The maximum absolute atomic E-state index is 14.1. The van der Waals surface area contributed by atoms with Crippen LogP contribution in [0.2, 0.25) is 10.0 Å². The predicted molar refractivity (Wildman–Crippen MR) is 271 cm³/mol. The number of anilines is 4. The van der Waals surface area contributed by atoms with E-state index in [0.29, 0.717) is 98.0 Å². The second kappa shape index (κ2) is 24.1. The number of aryl methyl sites for hydroxylation is 1. The first-order valence-electron chi connectivity index (χ1n) is 23.4. The lowest BCUT2D eigenvalue weighted by molar-refractivity contribution is -0.274. The van der Waals surface area contributed by atoms with Crippen molar-refractivity contribution in [2.45, 2.75) is 57.7 Å². The van der Waals surface area contributed by atoms with Gasteiger partial charge in [0.25, 0.3) is 11.8 Å². The minimum atomic E-state index is -4.91. The van der Waals surface area contributed by atoms with Crippen molar-refractivity contribution >= 4 is 57.8 Å². The van der Waals surface area contributed by atoms with Crippen LogP contribution < -0.4 is 44.1 Å². The van der Waals surface area contributed by atoms with Crippen LogP contribution in [0.3, 0.4) is 0 Å². The van der Waals surface area contributed by atoms with Crippen molar-refractivity contribution in [1.29, 1.82) is 0 Å². The van der Waals surface area contributed by atoms with E-state index >= 15 is 0 Å². The molecule has 2 atom stereocenters. The average molecular weight is 1090 g/mol. The second-order valence-electron chi connectivity index (χ2n) is 17.2. The Kier molecular flexibility index (Phi) is 17.9. The molecule has 2 aliphatic rings. The van der Waals surface area contributed by atoms with E-state index < -0.39 is 41.9 Å². The van der Waals surface area contributed by atoms with E-state index in [1.165, 1.54) is 30.1 Å². The van der Waals surface area contributed by atoms with Crippen LogP contribution in [-0.4, -0.2) is 70.4 Å². The van der Waals surface area contributed by atoms with Crippen LogP contribution >= 0.6 is 23.2 Å². The number of nitrogens with one attached hydrogen (secondary N) is 2. The summed E-state index contributed by atoms with van der Waals surface area (Å²) in [5, 5.41) is 16.4. The molecule has 75 heavy (non-hydrogen) atoms. The number of aliphatic hydroxyl groups excluding tert-OH is 1. The number of hydrogen-bond donors (Lipinski definition) is 3. The highest BCUT2D eigenvalue weighted by atomic mass is 35.5. The van der Waals surface area contributed by atoms with Gasteiger partial charge in [-0.1, -0.05) is 60.5 Å². The highest BCUT2D eigenvalue weighted by Gasteiger charge is 2.39. The molecular formula is C54H51Cl2F7N4O8. The van der Waals surface area contributed by atoms with Gasteiger partial charge in [0.1, 0.15) is 53.3 Å². The van der Waals surface area contributed by atoms with Gasteiger partial charge in [-0.2, -0.15) is 13.2 Å². The molecule has 398 valence electrons. The number of methoxy groups -OCH3 is 2. The minimum Gasteiger partial charge on any atom is -0.497 e. The fraction of sp³-hybridized carbons (Fsp3) is 0.296. The van der Waals surface area contributed by atoms with E-state index in [2.05, 4.69) is 15.4 Å². The van der Waals surface area contributed by atoms with E-state index in [1.807, 2.05) is 6.92 Å². The predicted octanol–water partition coefficient (Wildman–Crippen LogP) is 12.7. The van der Waals surface area contributed by atoms with Crippen molar-refractivity contribution < 1.29 is 69.1 Å². The van der Waals surface area contributed by atoms with Crippen molar-refractivity contribution in [2.24, 2.45) is 0 Å². The van der Waals surface area contributed by atoms with E-state index in [1.54, 1.807) is 97.9 Å². The number of alkyl halides is 6. The summed E-state index contributed by atoms with van der Waals surface area (Å²) < 4.78 is 119. The van der Waals surface area contributed by atoms with Crippen LogP contribution in [-0.2, 0) is 28.6 Å². The lowest BCUT2D eigenvalue weighted by Gasteiger charge is -2.27. The van der Waals surface area contributed by atoms with E-state index in [9.17, 15) is 40.3 Å². The second-order valence-corrected chi connectivity index (χ2v) is 18.1. The van der Waals surface area contributed by atoms with Crippen molar-refractivity contribution in [2.75, 3.05) is 67.6 Å². The molecule has 0 saturated carbocycles. The zero-order valence-corrected chi connectivity index (χ0v) is 42.3. The summed E-state index contributed by atoms with van der Waals surface area (Å²) in [6.07, 6.45) is -8.21. The van der Waals surface area contributed by atoms with Gasteiger partial charge in [0.2, 0.25) is 0 Å². The molecule has 12 nitrogen and oxygen atoms in total. The van der Waals surface area contributed by atoms with Crippen molar-refractivity contribution in [3.63, 3.8) is 0 Å². The average Bonchev–Trinajstić information content (AvgIpc) is 3.98. The van der Waals surface area contributed by atoms with Gasteiger partial charge >= 0.3 is 12.5 Å². The molecule has 0 radical (unpaired) electrons. The Morgan fingerprint density at radius 2 is 1.11 bits per heavy atom. The first-order valence-corrected chi connectivity index (χ1v) is 24.1. The van der Waals surface area contributed by atoms with Crippen molar-refractivity contribution in [1.82, 2.24) is 0 Å². The number of halogens is 9. The molecule has 0 aliphatic carbocycles. The highest BCUT2D eigenvalue weighted by molar-refractivity contribution is 6.30. The Hall–Kier alpha value is -7.09. The molecule has 2 unspecified atom stereocenters. The Labute approximate surface area is 437 Å². The minimum absolute atomic E-state index is 0.0112. The smallest absolute Gasteiger partial charge is 0.497 e. The number of fused-ring (bicyclic) bond motifs is 2. The third-order valence-corrected chi connectivity index (χ3v) is 12.5. The fourth-order valence-corrected chi connectivity index (χ4v) is 8.74. The number of carbonyl (C=O) groups is 2. The lowest BCUT2D eigenvalue weighted by Crippen LogP contribution is -2.37. The van der Waals surface area contributed by atoms with Gasteiger partial charge in [-0.05, 0) is 90.4 Å². The summed E-state index contributed by atoms with van der Waals surface area (Å²) in [6, 6.07) is 25.9. The largest absolute Gasteiger partial charge is 0.573 e. The first kappa shape index (κ1) is 55.7. The number of ether oxygens (including phenoxy) is 5. The zero-order chi connectivity index (χ0) is 54.2. The molecule has 3 N–H and O–H groups in total. The molecule has 0 saturated heterocycles. The van der Waals surface area contributed by atoms with E-state index in [-0.39, 0.29) is 43.5 Å². The summed E-state index contributed by atoms with van der Waals surface area (Å²) in [7, 11) is 2.99. The number of hydrogen-bond acceptors (Lipinski definition) is 10. The maximum Gasteiger partial charge on any atom is 0.573 e. The summed E-state index contributed by atoms with van der Waals surface area (Å²) in [5.74, 6) is -0.691. The summed E-state index contributed by atoms with van der Waals surface area (Å²) >= 11 is 12.1. The number of benzene rings is 6. The molecule has 0 fully saturated rings. The van der Waals surface area contributed by atoms with Gasteiger partial charge in [0, 0.05) is 82.7 Å². The number of carbonyl (C=O) groups excluding carboxylic acids is 2. The van der Waals surface area contributed by atoms with Crippen molar-refractivity contribution in [3.05, 3.63) is 158 Å². The molecule has 0 spiro atoms. The summed E-state index contributed by atoms with van der Waals surface area (Å²) in [6.45, 7) is 4.29. The number of rotatable bonds is 17. The Morgan fingerprint density at radius 1 is 0.653 bits per heavy atom. The van der Waals surface area contributed by atoms with Gasteiger partial charge in [-0.25, -0.2) is 4.39 Å². The quantitative estimate of drug-likeness (QED) is 0.0759. The molecule has 6 aromatic carbocycles. The molecule has 6 aromatic rings. The standard InChI is InChI=1S/C28H28ClF3N2O4.C26H23ClF4N2O4/c1-4-11-37-23-14-21(13-22(15-23)36-3)33-26(18-5-7-20(29)8-6-18)27(35)34-10-9-19-12-17(2)25(16-24(19)34)38-28(30,31)32;1-36-19-11-18(12-20(13-19)37-9-8-34)32-24(15-2-4-17(27)5-3-15)25(35)33-7-6-16-10-22(28)21(14-23(16)33)26(29,30)31/h5-8,12-16,26,33H,4,9-11H2,1-3H3;2-5,10-14,24,32,34H,6-9H2,1H3. The number of aliphatic hydroxyl groups is 1. The molecule has 2 amide bonds. The van der Waals surface area contributed by atoms with Crippen LogP contribution in [0.1, 0.15) is 58.8 Å². The molecule has 2 heterocycles. The van der Waals surface area contributed by atoms with Gasteiger partial charge in [-0.3, -0.25) is 9.59 Å². The number of amides is 2.